The van der Waals surface area contributed by atoms with Crippen LogP contribution >= 0.6 is 43.5 Å². The number of ether oxygens (including phenoxy) is 1. The fourth-order valence-electron chi connectivity index (χ4n) is 2.55. The fourth-order valence-corrected chi connectivity index (χ4v) is 4.19. The summed E-state index contributed by atoms with van der Waals surface area (Å²) >= 11 is 13.0. The zero-order valence-corrected chi connectivity index (χ0v) is 18.5. The fraction of sp³-hybridized carbons (Fsp3) is 0.0952. The van der Waals surface area contributed by atoms with E-state index in [0.29, 0.717) is 23.9 Å². The Morgan fingerprint density at radius 1 is 1.00 bits per heavy atom. The molecule has 0 saturated carbocycles. The maximum absolute atomic E-state index is 11.1. The van der Waals surface area contributed by atoms with Gasteiger partial charge in [-0.2, -0.15) is 0 Å². The molecule has 0 aromatic heterocycles. The lowest BCUT2D eigenvalue weighted by Gasteiger charge is -2.13. The molecule has 4 nitrogen and oxygen atoms in total. The topological polar surface area (TPSA) is 58.6 Å². The van der Waals surface area contributed by atoms with Crippen LogP contribution in [0.5, 0.6) is 5.75 Å². The molecule has 3 aromatic carbocycles. The Bertz CT molecular complexity index is 970. The van der Waals surface area contributed by atoms with Crippen molar-refractivity contribution in [3.8, 4) is 5.75 Å². The highest BCUT2D eigenvalue weighted by atomic mass is 79.9. The summed E-state index contributed by atoms with van der Waals surface area (Å²) in [5.41, 5.74) is 3.03. The van der Waals surface area contributed by atoms with E-state index in [2.05, 4.69) is 37.2 Å². The molecule has 3 aromatic rings. The molecule has 0 heterocycles. The molecule has 0 spiro atoms. The van der Waals surface area contributed by atoms with Crippen LogP contribution in [-0.4, -0.2) is 11.1 Å². The van der Waals surface area contributed by atoms with Crippen LogP contribution in [0, 0.1) is 0 Å². The first-order chi connectivity index (χ1) is 13.4. The highest BCUT2D eigenvalue weighted by Crippen LogP contribution is 2.35. The van der Waals surface area contributed by atoms with Gasteiger partial charge in [0, 0.05) is 17.3 Å². The molecular formula is C21H16Br2ClNO3. The third-order valence-electron chi connectivity index (χ3n) is 3.96. The van der Waals surface area contributed by atoms with Crippen molar-refractivity contribution >= 4 is 55.1 Å². The Morgan fingerprint density at radius 2 is 1.68 bits per heavy atom. The van der Waals surface area contributed by atoms with Crippen molar-refractivity contribution in [1.29, 1.82) is 0 Å². The molecule has 0 aliphatic rings. The third-order valence-corrected chi connectivity index (χ3v) is 5.39. The number of carbonyl (C=O) groups is 1. The number of rotatable bonds is 7. The van der Waals surface area contributed by atoms with Gasteiger partial charge >= 0.3 is 5.97 Å². The number of carboxylic acids is 1. The lowest BCUT2D eigenvalue weighted by molar-refractivity contribution is 0.0697. The van der Waals surface area contributed by atoms with Gasteiger partial charge in [0.25, 0.3) is 0 Å². The molecule has 0 fully saturated rings. The molecule has 0 atom stereocenters. The summed E-state index contributed by atoms with van der Waals surface area (Å²) in [7, 11) is 0. The predicted molar refractivity (Wildman–Crippen MR) is 118 cm³/mol. The van der Waals surface area contributed by atoms with E-state index in [1.54, 1.807) is 18.2 Å². The van der Waals surface area contributed by atoms with E-state index >= 15 is 0 Å². The molecule has 3 rings (SSSR count). The number of anilines is 1. The first-order valence-electron chi connectivity index (χ1n) is 8.35. The van der Waals surface area contributed by atoms with Crippen LogP contribution in [0.2, 0.25) is 5.02 Å². The van der Waals surface area contributed by atoms with Gasteiger partial charge < -0.3 is 15.2 Å². The van der Waals surface area contributed by atoms with Crippen molar-refractivity contribution < 1.29 is 14.6 Å². The lowest BCUT2D eigenvalue weighted by atomic mass is 10.2. The lowest BCUT2D eigenvalue weighted by Crippen LogP contribution is -2.03. The van der Waals surface area contributed by atoms with Crippen LogP contribution in [-0.2, 0) is 13.2 Å². The number of benzene rings is 3. The van der Waals surface area contributed by atoms with Gasteiger partial charge in [-0.1, -0.05) is 29.8 Å². The minimum atomic E-state index is -0.948. The molecule has 2 N–H and O–H groups in total. The molecule has 144 valence electrons. The van der Waals surface area contributed by atoms with Crippen molar-refractivity contribution in [2.75, 3.05) is 5.32 Å². The number of nitrogens with one attached hydrogen (secondary N) is 1. The largest absolute Gasteiger partial charge is 0.487 e. The SMILES string of the molecule is O=C(O)c1cccc(NCc2cc(Br)c(OCc3ccc(Cl)cc3)c(Br)c2)c1. The second-order valence-corrected chi connectivity index (χ2v) is 8.19. The minimum Gasteiger partial charge on any atom is -0.487 e. The standard InChI is InChI=1S/C21H16Br2ClNO3/c22-18-8-14(11-25-17-3-1-2-15(10-17)21(26)27)9-19(23)20(18)28-12-13-4-6-16(24)7-5-13/h1-10,25H,11-12H2,(H,26,27). The Morgan fingerprint density at radius 3 is 2.32 bits per heavy atom. The van der Waals surface area contributed by atoms with E-state index in [0.717, 1.165) is 25.8 Å². The van der Waals surface area contributed by atoms with Crippen LogP contribution in [0.4, 0.5) is 5.69 Å². The monoisotopic (exact) mass is 523 g/mol. The minimum absolute atomic E-state index is 0.248. The van der Waals surface area contributed by atoms with E-state index in [1.807, 2.05) is 42.5 Å². The van der Waals surface area contributed by atoms with E-state index in [9.17, 15) is 4.79 Å². The molecule has 0 unspecified atom stereocenters. The van der Waals surface area contributed by atoms with Gasteiger partial charge in [0.15, 0.2) is 0 Å². The zero-order chi connectivity index (χ0) is 20.1. The van der Waals surface area contributed by atoms with Crippen molar-refractivity contribution in [2.45, 2.75) is 13.2 Å². The van der Waals surface area contributed by atoms with Gasteiger partial charge in [-0.05, 0) is 85.5 Å². The van der Waals surface area contributed by atoms with Gasteiger partial charge in [0.05, 0.1) is 14.5 Å². The number of hydrogen-bond acceptors (Lipinski definition) is 3. The van der Waals surface area contributed by atoms with Crippen LogP contribution < -0.4 is 10.1 Å². The molecule has 0 bridgehead atoms. The summed E-state index contributed by atoms with van der Waals surface area (Å²) in [6.07, 6.45) is 0. The first-order valence-corrected chi connectivity index (χ1v) is 10.3. The van der Waals surface area contributed by atoms with Crippen molar-refractivity contribution in [1.82, 2.24) is 0 Å². The number of aromatic carboxylic acids is 1. The predicted octanol–water partition coefficient (Wildman–Crippen LogP) is 6.75. The highest BCUT2D eigenvalue weighted by Gasteiger charge is 2.10. The number of hydrogen-bond donors (Lipinski definition) is 2. The van der Waals surface area contributed by atoms with E-state index in [4.69, 9.17) is 21.4 Å². The zero-order valence-electron chi connectivity index (χ0n) is 14.6. The summed E-state index contributed by atoms with van der Waals surface area (Å²) < 4.78 is 7.58. The van der Waals surface area contributed by atoms with Gasteiger partial charge in [0.2, 0.25) is 0 Å². The molecule has 0 aliphatic carbocycles. The smallest absolute Gasteiger partial charge is 0.335 e. The second kappa shape index (κ2) is 9.45. The van der Waals surface area contributed by atoms with Crippen LogP contribution in [0.25, 0.3) is 0 Å². The molecule has 28 heavy (non-hydrogen) atoms. The van der Waals surface area contributed by atoms with Crippen molar-refractivity contribution in [3.05, 3.63) is 91.3 Å². The van der Waals surface area contributed by atoms with Crippen molar-refractivity contribution in [3.63, 3.8) is 0 Å². The average molecular weight is 526 g/mol. The molecule has 0 amide bonds. The van der Waals surface area contributed by atoms with Crippen LogP contribution in [0.1, 0.15) is 21.5 Å². The van der Waals surface area contributed by atoms with E-state index < -0.39 is 5.97 Å². The Labute approximate surface area is 184 Å². The van der Waals surface area contributed by atoms with Crippen molar-refractivity contribution in [2.24, 2.45) is 0 Å². The van der Waals surface area contributed by atoms with Gasteiger partial charge in [-0.15, -0.1) is 0 Å². The first kappa shape index (κ1) is 20.7. The maximum Gasteiger partial charge on any atom is 0.335 e. The maximum atomic E-state index is 11.1. The number of halogens is 3. The summed E-state index contributed by atoms with van der Waals surface area (Å²) in [6.45, 7) is 0.964. The Hall–Kier alpha value is -2.02. The Balaban J connectivity index is 1.66. The normalized spacial score (nSPS) is 10.5. The quantitative estimate of drug-likeness (QED) is 0.358. The summed E-state index contributed by atoms with van der Waals surface area (Å²) in [6, 6.07) is 18.2. The molecule has 0 aliphatic heterocycles. The third kappa shape index (κ3) is 5.50. The molecular weight excluding hydrogens is 509 g/mol. The van der Waals surface area contributed by atoms with E-state index in [-0.39, 0.29) is 5.56 Å². The summed E-state index contributed by atoms with van der Waals surface area (Å²) in [5.74, 6) is -0.233. The summed E-state index contributed by atoms with van der Waals surface area (Å²) in [5, 5.41) is 13.0. The van der Waals surface area contributed by atoms with Gasteiger partial charge in [0.1, 0.15) is 12.4 Å². The molecule has 0 saturated heterocycles. The second-order valence-electron chi connectivity index (χ2n) is 6.04. The highest BCUT2D eigenvalue weighted by molar-refractivity contribution is 9.11. The van der Waals surface area contributed by atoms with Crippen LogP contribution in [0.3, 0.4) is 0 Å². The molecule has 7 heteroatoms. The average Bonchev–Trinajstić information content (AvgIpc) is 2.67. The molecule has 0 radical (unpaired) electrons. The summed E-state index contributed by atoms with van der Waals surface area (Å²) in [4.78, 5) is 11.1. The van der Waals surface area contributed by atoms with E-state index in [1.165, 1.54) is 0 Å². The Kier molecular flexibility index (Phi) is 6.99. The van der Waals surface area contributed by atoms with Gasteiger partial charge in [-0.3, -0.25) is 0 Å². The number of carboxylic acid groups (broad SMARTS) is 1. The van der Waals surface area contributed by atoms with Crippen LogP contribution in [0.15, 0.2) is 69.6 Å². The van der Waals surface area contributed by atoms with Gasteiger partial charge in [-0.25, -0.2) is 4.79 Å².